The maximum absolute atomic E-state index is 13.5. The van der Waals surface area contributed by atoms with Gasteiger partial charge >= 0.3 is 0 Å². The zero-order valence-corrected chi connectivity index (χ0v) is 8.60. The van der Waals surface area contributed by atoms with E-state index in [1.165, 1.54) is 13.2 Å². The van der Waals surface area contributed by atoms with Crippen molar-refractivity contribution >= 4 is 11.8 Å². The van der Waals surface area contributed by atoms with E-state index in [1.54, 1.807) is 17.8 Å². The van der Waals surface area contributed by atoms with Gasteiger partial charge in [0.2, 0.25) is 0 Å². The fraction of sp³-hybridized carbons (Fsp3) is 0.400. The number of hydrogen-bond donors (Lipinski definition) is 1. The summed E-state index contributed by atoms with van der Waals surface area (Å²) in [5.74, 6) is 1.43. The molecule has 1 aliphatic rings. The molecule has 0 saturated carbocycles. The molecule has 14 heavy (non-hydrogen) atoms. The Hall–Kier alpha value is -0.740. The molecule has 1 aliphatic heterocycles. The SMILES string of the molecule is COc1cc(F)c2c(c1)[C@H](O)CSC2. The van der Waals surface area contributed by atoms with Crippen LogP contribution in [0.15, 0.2) is 12.1 Å². The van der Waals surface area contributed by atoms with E-state index in [1.807, 2.05) is 0 Å². The van der Waals surface area contributed by atoms with Gasteiger partial charge in [-0.05, 0) is 11.6 Å². The molecule has 0 amide bonds. The van der Waals surface area contributed by atoms with Crippen molar-refractivity contribution in [1.29, 1.82) is 0 Å². The molecule has 0 aromatic heterocycles. The van der Waals surface area contributed by atoms with Crippen LogP contribution in [0.2, 0.25) is 0 Å². The Labute approximate surface area is 86.1 Å². The van der Waals surface area contributed by atoms with Crippen LogP contribution in [0.4, 0.5) is 4.39 Å². The normalized spacial score (nSPS) is 20.4. The van der Waals surface area contributed by atoms with Crippen LogP contribution in [0.5, 0.6) is 5.75 Å². The summed E-state index contributed by atoms with van der Waals surface area (Å²) in [5, 5.41) is 9.66. The molecule has 76 valence electrons. The maximum atomic E-state index is 13.5. The lowest BCUT2D eigenvalue weighted by Gasteiger charge is -2.21. The van der Waals surface area contributed by atoms with Gasteiger partial charge in [0.05, 0.1) is 13.2 Å². The molecule has 0 bridgehead atoms. The first-order chi connectivity index (χ1) is 6.72. The molecule has 1 aromatic carbocycles. The highest BCUT2D eigenvalue weighted by molar-refractivity contribution is 7.98. The number of aliphatic hydroxyl groups is 1. The van der Waals surface area contributed by atoms with Crippen molar-refractivity contribution in [2.75, 3.05) is 12.9 Å². The Kier molecular flexibility index (Phi) is 2.65. The largest absolute Gasteiger partial charge is 0.497 e. The van der Waals surface area contributed by atoms with E-state index in [2.05, 4.69) is 0 Å². The van der Waals surface area contributed by atoms with Crippen molar-refractivity contribution < 1.29 is 14.2 Å². The summed E-state index contributed by atoms with van der Waals surface area (Å²) in [6.07, 6.45) is -0.576. The third-order valence-corrected chi connectivity index (χ3v) is 3.36. The van der Waals surface area contributed by atoms with Gasteiger partial charge in [0, 0.05) is 23.1 Å². The van der Waals surface area contributed by atoms with Crippen molar-refractivity contribution in [3.8, 4) is 5.75 Å². The molecule has 0 radical (unpaired) electrons. The standard InChI is InChI=1S/C10H11FO2S/c1-13-6-2-7-8(9(11)3-6)4-14-5-10(7)12/h2-3,10,12H,4-5H2,1H3/t10-/m1/s1. The van der Waals surface area contributed by atoms with Crippen molar-refractivity contribution in [1.82, 2.24) is 0 Å². The van der Waals surface area contributed by atoms with Crippen LogP contribution in [-0.4, -0.2) is 18.0 Å². The van der Waals surface area contributed by atoms with Crippen LogP contribution in [-0.2, 0) is 5.75 Å². The summed E-state index contributed by atoms with van der Waals surface area (Å²) in [6, 6.07) is 3.07. The molecular formula is C10H11FO2S. The van der Waals surface area contributed by atoms with Gasteiger partial charge in [-0.3, -0.25) is 0 Å². The van der Waals surface area contributed by atoms with Crippen LogP contribution in [0.3, 0.4) is 0 Å². The minimum absolute atomic E-state index is 0.286. The minimum Gasteiger partial charge on any atom is -0.497 e. The van der Waals surface area contributed by atoms with Gasteiger partial charge < -0.3 is 9.84 Å². The van der Waals surface area contributed by atoms with Gasteiger partial charge in [-0.2, -0.15) is 11.8 Å². The second-order valence-corrected chi connectivity index (χ2v) is 4.24. The molecule has 2 nitrogen and oxygen atoms in total. The Bertz CT molecular complexity index is 354. The monoisotopic (exact) mass is 214 g/mol. The van der Waals surface area contributed by atoms with Crippen molar-refractivity contribution in [3.63, 3.8) is 0 Å². The topological polar surface area (TPSA) is 29.5 Å². The number of fused-ring (bicyclic) bond motifs is 1. The fourth-order valence-electron chi connectivity index (χ4n) is 1.56. The smallest absolute Gasteiger partial charge is 0.131 e. The molecule has 1 aromatic rings. The average Bonchev–Trinajstić information content (AvgIpc) is 2.19. The van der Waals surface area contributed by atoms with Gasteiger partial charge in [0.25, 0.3) is 0 Å². The van der Waals surface area contributed by atoms with E-state index in [0.717, 1.165) is 0 Å². The van der Waals surface area contributed by atoms with E-state index in [0.29, 0.717) is 28.4 Å². The Balaban J connectivity index is 2.51. The molecule has 0 spiro atoms. The Morgan fingerprint density at radius 3 is 3.07 bits per heavy atom. The van der Waals surface area contributed by atoms with E-state index in [4.69, 9.17) is 4.74 Å². The number of thioether (sulfide) groups is 1. The molecule has 4 heteroatoms. The predicted octanol–water partition coefficient (Wildman–Crippen LogP) is 2.11. The van der Waals surface area contributed by atoms with Crippen molar-refractivity contribution in [2.24, 2.45) is 0 Å². The number of ether oxygens (including phenoxy) is 1. The number of hydrogen-bond acceptors (Lipinski definition) is 3. The summed E-state index contributed by atoms with van der Waals surface area (Å²) in [5.41, 5.74) is 1.27. The second-order valence-electron chi connectivity index (χ2n) is 3.21. The summed E-state index contributed by atoms with van der Waals surface area (Å²) in [7, 11) is 1.49. The van der Waals surface area contributed by atoms with Gasteiger partial charge in [-0.25, -0.2) is 4.39 Å². The van der Waals surface area contributed by atoms with Crippen LogP contribution < -0.4 is 4.74 Å². The number of rotatable bonds is 1. The van der Waals surface area contributed by atoms with Crippen molar-refractivity contribution in [2.45, 2.75) is 11.9 Å². The summed E-state index contributed by atoms with van der Waals surface area (Å²) in [4.78, 5) is 0. The highest BCUT2D eigenvalue weighted by Gasteiger charge is 2.22. The number of aliphatic hydroxyl groups excluding tert-OH is 1. The van der Waals surface area contributed by atoms with Crippen LogP contribution in [0.1, 0.15) is 17.2 Å². The molecule has 1 heterocycles. The third kappa shape index (κ3) is 1.60. The van der Waals surface area contributed by atoms with Crippen molar-refractivity contribution in [3.05, 3.63) is 29.1 Å². The van der Waals surface area contributed by atoms with E-state index in [9.17, 15) is 9.50 Å². The van der Waals surface area contributed by atoms with Crippen LogP contribution in [0.25, 0.3) is 0 Å². The maximum Gasteiger partial charge on any atom is 0.131 e. The molecule has 1 atom stereocenters. The van der Waals surface area contributed by atoms with Crippen LogP contribution >= 0.6 is 11.8 Å². The number of halogens is 1. The third-order valence-electron chi connectivity index (χ3n) is 2.32. The van der Waals surface area contributed by atoms with Gasteiger partial charge in [-0.1, -0.05) is 0 Å². The molecular weight excluding hydrogens is 203 g/mol. The first-order valence-electron chi connectivity index (χ1n) is 4.34. The number of benzene rings is 1. The second kappa shape index (κ2) is 3.79. The quantitative estimate of drug-likeness (QED) is 0.776. The first-order valence-corrected chi connectivity index (χ1v) is 5.50. The van der Waals surface area contributed by atoms with E-state index < -0.39 is 6.10 Å². The van der Waals surface area contributed by atoms with Crippen LogP contribution in [0, 0.1) is 5.82 Å². The van der Waals surface area contributed by atoms with Gasteiger partial charge in [0.15, 0.2) is 0 Å². The Morgan fingerprint density at radius 1 is 1.57 bits per heavy atom. The summed E-state index contributed by atoms with van der Waals surface area (Å²) >= 11 is 1.54. The zero-order valence-electron chi connectivity index (χ0n) is 7.79. The fourth-order valence-corrected chi connectivity index (χ4v) is 2.59. The minimum atomic E-state index is -0.576. The summed E-state index contributed by atoms with van der Waals surface area (Å²) in [6.45, 7) is 0. The highest BCUT2D eigenvalue weighted by Crippen LogP contribution is 2.35. The zero-order chi connectivity index (χ0) is 10.1. The summed E-state index contributed by atoms with van der Waals surface area (Å²) < 4.78 is 18.4. The molecule has 0 fully saturated rings. The molecule has 1 N–H and O–H groups in total. The lowest BCUT2D eigenvalue weighted by Crippen LogP contribution is -2.11. The molecule has 0 saturated heterocycles. The Morgan fingerprint density at radius 2 is 2.36 bits per heavy atom. The van der Waals surface area contributed by atoms with Gasteiger partial charge in [-0.15, -0.1) is 0 Å². The average molecular weight is 214 g/mol. The molecule has 2 rings (SSSR count). The van der Waals surface area contributed by atoms with E-state index >= 15 is 0 Å². The van der Waals surface area contributed by atoms with E-state index in [-0.39, 0.29) is 5.82 Å². The molecule has 0 unspecified atom stereocenters. The highest BCUT2D eigenvalue weighted by atomic mass is 32.2. The van der Waals surface area contributed by atoms with Gasteiger partial charge in [0.1, 0.15) is 11.6 Å². The lowest BCUT2D eigenvalue weighted by molar-refractivity contribution is 0.200. The predicted molar refractivity (Wildman–Crippen MR) is 54.1 cm³/mol. The first kappa shape index (κ1) is 9.80. The lowest BCUT2D eigenvalue weighted by atomic mass is 10.0. The molecule has 0 aliphatic carbocycles. The number of methoxy groups -OCH3 is 1.